The van der Waals surface area contributed by atoms with Crippen molar-refractivity contribution in [3.8, 4) is 0 Å². The first-order chi connectivity index (χ1) is 12.8. The molecule has 1 atom stereocenters. The van der Waals surface area contributed by atoms with Crippen molar-refractivity contribution in [3.05, 3.63) is 34.9 Å². The number of ketones is 1. The van der Waals surface area contributed by atoms with E-state index in [0.29, 0.717) is 5.75 Å². The van der Waals surface area contributed by atoms with Gasteiger partial charge in [0.15, 0.2) is 5.78 Å². The fraction of sp³-hybridized carbons (Fsp3) is 0.571. The molecule has 1 amide bonds. The molecule has 6 heteroatoms. The number of thioether (sulfide) groups is 1. The Hall–Kier alpha value is -1.82. The molecular formula is C21H35N3O2S. The third kappa shape index (κ3) is 15.0. The van der Waals surface area contributed by atoms with E-state index in [1.807, 2.05) is 0 Å². The van der Waals surface area contributed by atoms with Gasteiger partial charge in [0, 0.05) is 11.5 Å². The second-order valence-electron chi connectivity index (χ2n) is 6.92. The molecule has 0 aromatic heterocycles. The molecule has 0 radical (unpaired) electrons. The summed E-state index contributed by atoms with van der Waals surface area (Å²) >= 11 is 1.60. The number of nitrogens with two attached hydrogens (primary N) is 2. The third-order valence-corrected chi connectivity index (χ3v) is 4.89. The molecule has 0 aliphatic carbocycles. The summed E-state index contributed by atoms with van der Waals surface area (Å²) in [5.41, 5.74) is 14.5. The minimum Gasteiger partial charge on any atom is -0.390 e. The van der Waals surface area contributed by atoms with E-state index in [1.54, 1.807) is 11.8 Å². The van der Waals surface area contributed by atoms with Crippen molar-refractivity contribution in [1.82, 2.24) is 0 Å². The molecule has 0 heterocycles. The van der Waals surface area contributed by atoms with Crippen molar-refractivity contribution in [3.63, 3.8) is 0 Å². The quantitative estimate of drug-likeness (QED) is 0.153. The first kappa shape index (κ1) is 25.2. The monoisotopic (exact) mass is 393 g/mol. The highest BCUT2D eigenvalue weighted by molar-refractivity contribution is 7.99. The van der Waals surface area contributed by atoms with E-state index >= 15 is 0 Å². The van der Waals surface area contributed by atoms with E-state index in [1.165, 1.54) is 16.7 Å². The lowest BCUT2D eigenvalue weighted by atomic mass is 10.1. The molecule has 0 spiro atoms. The average molecular weight is 394 g/mol. The molecule has 152 valence electrons. The molecule has 0 aromatic rings. The van der Waals surface area contributed by atoms with Crippen LogP contribution in [0.2, 0.25) is 0 Å². The van der Waals surface area contributed by atoms with Crippen LogP contribution in [0, 0.1) is 0 Å². The van der Waals surface area contributed by atoms with Gasteiger partial charge in [0.25, 0.3) is 0 Å². The minimum absolute atomic E-state index is 0.286. The van der Waals surface area contributed by atoms with Crippen LogP contribution in [0.5, 0.6) is 0 Å². The fourth-order valence-corrected chi connectivity index (χ4v) is 3.37. The number of carbonyl (C=O) groups is 2. The normalized spacial score (nSPS) is 13.6. The smallest absolute Gasteiger partial charge is 0.224 e. The summed E-state index contributed by atoms with van der Waals surface area (Å²) in [4.78, 5) is 26.7. The molecule has 0 aliphatic heterocycles. The van der Waals surface area contributed by atoms with Gasteiger partial charge in [-0.25, -0.2) is 0 Å². The van der Waals surface area contributed by atoms with Crippen LogP contribution in [-0.4, -0.2) is 35.6 Å². The zero-order valence-electron chi connectivity index (χ0n) is 17.2. The summed E-state index contributed by atoms with van der Waals surface area (Å²) in [5.74, 6) is 0.371. The highest BCUT2D eigenvalue weighted by atomic mass is 32.2. The van der Waals surface area contributed by atoms with Gasteiger partial charge in [0.1, 0.15) is 6.04 Å². The third-order valence-electron chi connectivity index (χ3n) is 3.93. The Balaban J connectivity index is 4.21. The number of rotatable bonds is 14. The maximum absolute atomic E-state index is 11.9. The van der Waals surface area contributed by atoms with E-state index in [9.17, 15) is 9.59 Å². The standard InChI is InChI=1S/C21H35N3O2S/c1-16(2)7-5-8-17(3)9-6-10-18(4)11-12-27-14-19(24-15-22)20(25)13-21(23)26/h7,9,11,15,19H,5-6,8,10,12-14H2,1-4H3,(H2,22,24)(H2,23,26). The fourth-order valence-electron chi connectivity index (χ4n) is 2.33. The van der Waals surface area contributed by atoms with E-state index < -0.39 is 11.9 Å². The number of amides is 1. The Morgan fingerprint density at radius 2 is 1.59 bits per heavy atom. The topological polar surface area (TPSA) is 98.5 Å². The average Bonchev–Trinajstić information content (AvgIpc) is 2.56. The molecule has 0 rings (SSSR count). The summed E-state index contributed by atoms with van der Waals surface area (Å²) in [6.07, 6.45) is 11.9. The van der Waals surface area contributed by atoms with Gasteiger partial charge in [-0.1, -0.05) is 34.9 Å². The van der Waals surface area contributed by atoms with Crippen molar-refractivity contribution >= 4 is 29.8 Å². The second-order valence-corrected chi connectivity index (χ2v) is 8.00. The van der Waals surface area contributed by atoms with E-state index in [4.69, 9.17) is 11.5 Å². The number of nitrogens with zero attached hydrogens (tertiary/aromatic N) is 1. The Labute approximate surface area is 168 Å². The summed E-state index contributed by atoms with van der Waals surface area (Å²) < 4.78 is 0. The van der Waals surface area contributed by atoms with Crippen LogP contribution in [0.1, 0.15) is 59.8 Å². The van der Waals surface area contributed by atoms with Gasteiger partial charge in [0.2, 0.25) is 5.91 Å². The molecule has 5 nitrogen and oxygen atoms in total. The van der Waals surface area contributed by atoms with Gasteiger partial charge < -0.3 is 11.5 Å². The van der Waals surface area contributed by atoms with Crippen molar-refractivity contribution in [2.45, 2.75) is 65.8 Å². The van der Waals surface area contributed by atoms with Crippen molar-refractivity contribution < 1.29 is 9.59 Å². The number of hydrogen-bond donors (Lipinski definition) is 2. The van der Waals surface area contributed by atoms with Gasteiger partial charge in [-0.15, -0.1) is 0 Å². The van der Waals surface area contributed by atoms with Crippen LogP contribution in [0.15, 0.2) is 39.9 Å². The van der Waals surface area contributed by atoms with Crippen LogP contribution < -0.4 is 11.5 Å². The van der Waals surface area contributed by atoms with Gasteiger partial charge in [-0.05, 0) is 53.4 Å². The molecule has 1 unspecified atom stereocenters. The molecule has 0 bridgehead atoms. The second kappa shape index (κ2) is 15.3. The number of primary amides is 1. The zero-order valence-corrected chi connectivity index (χ0v) is 18.0. The van der Waals surface area contributed by atoms with Crippen molar-refractivity contribution in [2.75, 3.05) is 11.5 Å². The molecule has 0 aliphatic rings. The molecule has 0 saturated heterocycles. The lowest BCUT2D eigenvalue weighted by Gasteiger charge is -2.09. The number of hydrogen-bond acceptors (Lipinski definition) is 4. The van der Waals surface area contributed by atoms with Crippen molar-refractivity contribution in [1.29, 1.82) is 0 Å². The lowest BCUT2D eigenvalue weighted by Crippen LogP contribution is -2.27. The SMILES string of the molecule is CC(C)=CCCC(C)=CCCC(C)=CCSCC(N=CN)C(=O)CC(N)=O. The number of aliphatic imine (C=N–C) groups is 1. The summed E-state index contributed by atoms with van der Waals surface area (Å²) in [5, 5.41) is 0. The van der Waals surface area contributed by atoms with Gasteiger partial charge in [-0.2, -0.15) is 11.8 Å². The lowest BCUT2D eigenvalue weighted by molar-refractivity contribution is -0.126. The summed E-state index contributed by atoms with van der Waals surface area (Å²) in [6, 6.07) is -0.604. The predicted molar refractivity (Wildman–Crippen MR) is 118 cm³/mol. The number of allylic oxidation sites excluding steroid dienone is 5. The number of Topliss-reactive ketones (excluding diaryl/α,β-unsaturated/α-hetero) is 1. The molecule has 0 saturated carbocycles. The van der Waals surface area contributed by atoms with E-state index in [0.717, 1.165) is 37.8 Å². The van der Waals surface area contributed by atoms with Gasteiger partial charge >= 0.3 is 0 Å². The Bertz CT molecular complexity index is 588. The van der Waals surface area contributed by atoms with E-state index in [2.05, 4.69) is 50.9 Å². The summed E-state index contributed by atoms with van der Waals surface area (Å²) in [6.45, 7) is 8.57. The molecule has 27 heavy (non-hydrogen) atoms. The first-order valence-electron chi connectivity index (χ1n) is 9.33. The van der Waals surface area contributed by atoms with Crippen LogP contribution in [0.4, 0.5) is 0 Å². The Kier molecular flexibility index (Phi) is 14.2. The molecule has 0 fully saturated rings. The first-order valence-corrected chi connectivity index (χ1v) is 10.5. The van der Waals surface area contributed by atoms with Crippen LogP contribution in [0.25, 0.3) is 0 Å². The largest absolute Gasteiger partial charge is 0.390 e. The van der Waals surface area contributed by atoms with Crippen LogP contribution >= 0.6 is 11.8 Å². The predicted octanol–water partition coefficient (Wildman–Crippen LogP) is 3.94. The van der Waals surface area contributed by atoms with Crippen LogP contribution in [-0.2, 0) is 9.59 Å². The van der Waals surface area contributed by atoms with Gasteiger partial charge in [0.05, 0.1) is 12.8 Å². The van der Waals surface area contributed by atoms with Gasteiger partial charge in [-0.3, -0.25) is 14.6 Å². The van der Waals surface area contributed by atoms with Crippen molar-refractivity contribution in [2.24, 2.45) is 16.5 Å². The Morgan fingerprint density at radius 3 is 2.15 bits per heavy atom. The maximum Gasteiger partial charge on any atom is 0.224 e. The minimum atomic E-state index is -0.637. The molecule has 4 N–H and O–H groups in total. The highest BCUT2D eigenvalue weighted by Gasteiger charge is 2.18. The Morgan fingerprint density at radius 1 is 1.00 bits per heavy atom. The zero-order chi connectivity index (χ0) is 20.7. The maximum atomic E-state index is 11.9. The molecular weight excluding hydrogens is 358 g/mol. The molecule has 0 aromatic carbocycles. The van der Waals surface area contributed by atoms with Crippen LogP contribution in [0.3, 0.4) is 0 Å². The summed E-state index contributed by atoms with van der Waals surface area (Å²) in [7, 11) is 0. The van der Waals surface area contributed by atoms with E-state index in [-0.39, 0.29) is 12.2 Å². The highest BCUT2D eigenvalue weighted by Crippen LogP contribution is 2.14. The number of carbonyl (C=O) groups excluding carboxylic acids is 2.